The van der Waals surface area contributed by atoms with Crippen LogP contribution in [0.2, 0.25) is 0 Å². The molecule has 0 bridgehead atoms. The minimum absolute atomic E-state index is 0.0716. The Morgan fingerprint density at radius 2 is 1.96 bits per heavy atom. The molecule has 3 rings (SSSR count). The van der Waals surface area contributed by atoms with Gasteiger partial charge in [-0.15, -0.1) is 0 Å². The molecule has 1 aromatic carbocycles. The lowest BCUT2D eigenvalue weighted by Gasteiger charge is -2.32. The summed E-state index contributed by atoms with van der Waals surface area (Å²) in [6.45, 7) is 5.09. The number of hydrogen-bond acceptors (Lipinski definition) is 2. The maximum Gasteiger partial charge on any atom is 0.240 e. The van der Waals surface area contributed by atoms with E-state index >= 15 is 0 Å². The fraction of sp³-hybridized carbons (Fsp3) is 0.476. The highest BCUT2D eigenvalue weighted by atomic mass is 16.2. The van der Waals surface area contributed by atoms with Crippen LogP contribution >= 0.6 is 0 Å². The van der Waals surface area contributed by atoms with E-state index in [1.54, 1.807) is 0 Å². The zero-order valence-electron chi connectivity index (χ0n) is 15.0. The van der Waals surface area contributed by atoms with Crippen LogP contribution in [0.5, 0.6) is 0 Å². The molecule has 128 valence electrons. The summed E-state index contributed by atoms with van der Waals surface area (Å²) in [5.74, 6) is 0.225. The van der Waals surface area contributed by atoms with Crippen molar-refractivity contribution in [3.63, 3.8) is 0 Å². The molecule has 1 amide bonds. The molecular weight excluding hydrogens is 296 g/mol. The minimum atomic E-state index is -0.0716. The summed E-state index contributed by atoms with van der Waals surface area (Å²) in [7, 11) is 1.89. The first-order chi connectivity index (χ1) is 11.5. The molecule has 0 spiro atoms. The van der Waals surface area contributed by atoms with E-state index in [4.69, 9.17) is 0 Å². The standard InChI is InChI=1S/C21H28N2O/c1-21(2)13-12-16(14-21)15-23-19(17-8-5-4-6-9-17)11-7-10-18(22-3)20(23)24/h4-6,8-9,12-14,18-19,22H,7,10-11,15H2,1-3H3. The number of nitrogens with one attached hydrogen (secondary N) is 1. The Kier molecular flexibility index (Phi) is 4.91. The topological polar surface area (TPSA) is 32.3 Å². The predicted octanol–water partition coefficient (Wildman–Crippen LogP) is 3.85. The zero-order valence-corrected chi connectivity index (χ0v) is 15.0. The van der Waals surface area contributed by atoms with Crippen LogP contribution in [0.3, 0.4) is 0 Å². The first-order valence-electron chi connectivity index (χ1n) is 8.94. The Morgan fingerprint density at radius 3 is 2.58 bits per heavy atom. The first kappa shape index (κ1) is 17.0. The van der Waals surface area contributed by atoms with Crippen molar-refractivity contribution in [3.8, 4) is 0 Å². The van der Waals surface area contributed by atoms with E-state index < -0.39 is 0 Å². The summed E-state index contributed by atoms with van der Waals surface area (Å²) in [6.07, 6.45) is 9.67. The van der Waals surface area contributed by atoms with Crippen molar-refractivity contribution in [2.75, 3.05) is 13.6 Å². The van der Waals surface area contributed by atoms with Gasteiger partial charge in [0.15, 0.2) is 0 Å². The van der Waals surface area contributed by atoms with Crippen molar-refractivity contribution in [1.29, 1.82) is 0 Å². The molecule has 1 aliphatic carbocycles. The molecule has 3 heteroatoms. The van der Waals surface area contributed by atoms with Gasteiger partial charge in [-0.1, -0.05) is 62.4 Å². The van der Waals surface area contributed by atoms with Crippen LogP contribution in [-0.4, -0.2) is 30.4 Å². The van der Waals surface area contributed by atoms with Gasteiger partial charge in [0, 0.05) is 12.0 Å². The molecule has 1 aliphatic heterocycles. The molecule has 2 atom stereocenters. The Labute approximate surface area is 145 Å². The average Bonchev–Trinajstić information content (AvgIpc) is 2.84. The number of hydrogen-bond donors (Lipinski definition) is 1. The molecule has 1 heterocycles. The van der Waals surface area contributed by atoms with Crippen molar-refractivity contribution in [2.45, 2.75) is 45.2 Å². The molecule has 3 nitrogen and oxygen atoms in total. The summed E-state index contributed by atoms with van der Waals surface area (Å²) in [5.41, 5.74) is 2.57. The van der Waals surface area contributed by atoms with Gasteiger partial charge >= 0.3 is 0 Å². The average molecular weight is 324 g/mol. The van der Waals surface area contributed by atoms with Crippen LogP contribution in [0.1, 0.15) is 44.7 Å². The highest BCUT2D eigenvalue weighted by molar-refractivity contribution is 5.83. The molecule has 0 aromatic heterocycles. The fourth-order valence-electron chi connectivity index (χ4n) is 3.82. The highest BCUT2D eigenvalue weighted by Gasteiger charge is 2.33. The van der Waals surface area contributed by atoms with Gasteiger partial charge in [0.25, 0.3) is 0 Å². The van der Waals surface area contributed by atoms with E-state index in [-0.39, 0.29) is 23.4 Å². The molecule has 0 radical (unpaired) electrons. The minimum Gasteiger partial charge on any atom is -0.330 e. The quantitative estimate of drug-likeness (QED) is 0.912. The molecule has 1 N–H and O–H groups in total. The van der Waals surface area contributed by atoms with Crippen LogP contribution in [0.25, 0.3) is 0 Å². The number of rotatable bonds is 4. The number of nitrogens with zero attached hydrogens (tertiary/aromatic N) is 1. The largest absolute Gasteiger partial charge is 0.330 e. The van der Waals surface area contributed by atoms with Gasteiger partial charge in [-0.2, -0.15) is 0 Å². The van der Waals surface area contributed by atoms with Gasteiger partial charge in [-0.3, -0.25) is 4.79 Å². The van der Waals surface area contributed by atoms with Gasteiger partial charge in [-0.25, -0.2) is 0 Å². The van der Waals surface area contributed by atoms with Crippen LogP contribution in [0, 0.1) is 5.41 Å². The van der Waals surface area contributed by atoms with Gasteiger partial charge in [0.05, 0.1) is 12.1 Å². The number of allylic oxidation sites excluding steroid dienone is 2. The Hall–Kier alpha value is -1.87. The van der Waals surface area contributed by atoms with E-state index in [0.29, 0.717) is 6.54 Å². The zero-order chi connectivity index (χ0) is 17.2. The third-order valence-corrected chi connectivity index (χ3v) is 5.10. The van der Waals surface area contributed by atoms with Crippen molar-refractivity contribution in [1.82, 2.24) is 10.2 Å². The van der Waals surface area contributed by atoms with E-state index in [1.165, 1.54) is 11.1 Å². The maximum atomic E-state index is 13.1. The summed E-state index contributed by atoms with van der Waals surface area (Å²) in [6, 6.07) is 10.5. The molecule has 2 unspecified atom stereocenters. The second kappa shape index (κ2) is 6.94. The van der Waals surface area contributed by atoms with Crippen molar-refractivity contribution in [3.05, 3.63) is 59.7 Å². The first-order valence-corrected chi connectivity index (χ1v) is 8.94. The number of carbonyl (C=O) groups excluding carboxylic acids is 1. The lowest BCUT2D eigenvalue weighted by Crippen LogP contribution is -2.45. The number of likely N-dealkylation sites (N-methyl/N-ethyl adjacent to an activating group) is 1. The van der Waals surface area contributed by atoms with Gasteiger partial charge < -0.3 is 10.2 Å². The highest BCUT2D eigenvalue weighted by Crippen LogP contribution is 2.34. The van der Waals surface area contributed by atoms with E-state index in [1.807, 2.05) is 13.1 Å². The third-order valence-electron chi connectivity index (χ3n) is 5.10. The number of amides is 1. The lowest BCUT2D eigenvalue weighted by atomic mass is 9.96. The number of carbonyl (C=O) groups is 1. The number of benzene rings is 1. The smallest absolute Gasteiger partial charge is 0.240 e. The van der Waals surface area contributed by atoms with E-state index in [9.17, 15) is 4.79 Å². The fourth-order valence-corrected chi connectivity index (χ4v) is 3.82. The van der Waals surface area contributed by atoms with Crippen LogP contribution in [0.15, 0.2) is 54.1 Å². The molecule has 2 aliphatic rings. The Balaban J connectivity index is 1.91. The summed E-state index contributed by atoms with van der Waals surface area (Å²) in [5, 5.41) is 3.21. The van der Waals surface area contributed by atoms with Gasteiger partial charge in [0.1, 0.15) is 0 Å². The lowest BCUT2D eigenvalue weighted by molar-refractivity contribution is -0.134. The third kappa shape index (κ3) is 3.62. The summed E-state index contributed by atoms with van der Waals surface area (Å²) < 4.78 is 0. The second-order valence-electron chi connectivity index (χ2n) is 7.54. The van der Waals surface area contributed by atoms with Crippen LogP contribution < -0.4 is 5.32 Å². The summed E-state index contributed by atoms with van der Waals surface area (Å²) in [4.78, 5) is 15.2. The molecule has 1 aromatic rings. The predicted molar refractivity (Wildman–Crippen MR) is 98.6 cm³/mol. The van der Waals surface area contributed by atoms with Gasteiger partial charge in [-0.05, 0) is 37.4 Å². The summed E-state index contributed by atoms with van der Waals surface area (Å²) >= 11 is 0. The van der Waals surface area contributed by atoms with Crippen molar-refractivity contribution < 1.29 is 4.79 Å². The van der Waals surface area contributed by atoms with E-state index in [0.717, 1.165) is 19.3 Å². The van der Waals surface area contributed by atoms with E-state index in [2.05, 4.69) is 66.6 Å². The molecule has 1 saturated heterocycles. The SMILES string of the molecule is CNC1CCCC(c2ccccc2)N(CC2=CC(C)(C)C=C2)C1=O. The van der Waals surface area contributed by atoms with Crippen LogP contribution in [-0.2, 0) is 4.79 Å². The Morgan fingerprint density at radius 1 is 1.21 bits per heavy atom. The Bertz CT molecular complexity index is 645. The number of likely N-dealkylation sites (tertiary alicyclic amines) is 1. The van der Waals surface area contributed by atoms with Crippen LogP contribution in [0.4, 0.5) is 0 Å². The second-order valence-corrected chi connectivity index (χ2v) is 7.54. The molecule has 1 fully saturated rings. The maximum absolute atomic E-state index is 13.1. The van der Waals surface area contributed by atoms with Crippen molar-refractivity contribution in [2.24, 2.45) is 5.41 Å². The molecule has 0 saturated carbocycles. The van der Waals surface area contributed by atoms with Gasteiger partial charge in [0.2, 0.25) is 5.91 Å². The molecular formula is C21H28N2O. The van der Waals surface area contributed by atoms with Crippen molar-refractivity contribution >= 4 is 5.91 Å². The molecule has 24 heavy (non-hydrogen) atoms. The normalized spacial score (nSPS) is 26.4. The monoisotopic (exact) mass is 324 g/mol.